The van der Waals surface area contributed by atoms with E-state index in [1.807, 2.05) is 13.8 Å². The van der Waals surface area contributed by atoms with Crippen LogP contribution in [0.1, 0.15) is 34.6 Å². The highest BCUT2D eigenvalue weighted by atomic mass is 28.4. The van der Waals surface area contributed by atoms with Crippen LogP contribution >= 0.6 is 0 Å². The van der Waals surface area contributed by atoms with Gasteiger partial charge in [-0.25, -0.2) is 0 Å². The molecule has 1 fully saturated rings. The molecule has 1 aliphatic rings. The number of carbonyl (C=O) groups excluding carboxylic acids is 1. The molecule has 1 amide bonds. The molecule has 0 aromatic rings. The van der Waals surface area contributed by atoms with Gasteiger partial charge in [-0.1, -0.05) is 27.4 Å². The van der Waals surface area contributed by atoms with Crippen LogP contribution in [0.3, 0.4) is 0 Å². The Kier molecular flexibility index (Phi) is 4.50. The van der Waals surface area contributed by atoms with Gasteiger partial charge < -0.3 is 9.74 Å². The van der Waals surface area contributed by atoms with Crippen LogP contribution in [0.25, 0.3) is 0 Å². The molecule has 0 aromatic carbocycles. The molecule has 0 aliphatic carbocycles. The molecule has 1 rings (SSSR count). The van der Waals surface area contributed by atoms with Gasteiger partial charge in [-0.05, 0) is 37.6 Å². The molecule has 3 atom stereocenters. The lowest BCUT2D eigenvalue weighted by Crippen LogP contribution is -2.64. The van der Waals surface area contributed by atoms with Gasteiger partial charge in [0.25, 0.3) is 0 Å². The molecule has 0 aromatic heterocycles. The molecule has 19 heavy (non-hydrogen) atoms. The molecule has 0 saturated carbocycles. The molecule has 0 spiro atoms. The van der Waals surface area contributed by atoms with Gasteiger partial charge in [-0.15, -0.1) is 5.73 Å². The number of carbonyl (C=O) groups is 1. The zero-order chi connectivity index (χ0) is 15.0. The van der Waals surface area contributed by atoms with Crippen molar-refractivity contribution < 1.29 is 9.22 Å². The van der Waals surface area contributed by atoms with Crippen LogP contribution in [-0.2, 0) is 9.22 Å². The van der Waals surface area contributed by atoms with Gasteiger partial charge in [0.2, 0.25) is 5.91 Å². The summed E-state index contributed by atoms with van der Waals surface area (Å²) in [4.78, 5) is 11.8. The Morgan fingerprint density at radius 2 is 2.00 bits per heavy atom. The van der Waals surface area contributed by atoms with Crippen molar-refractivity contribution in [3.8, 4) is 0 Å². The molecule has 1 heterocycles. The number of rotatable bonds is 4. The van der Waals surface area contributed by atoms with E-state index in [0.717, 1.165) is 5.57 Å². The third kappa shape index (κ3) is 3.19. The molecule has 0 bridgehead atoms. The maximum absolute atomic E-state index is 11.8. The molecular formula is C15H27NO2Si. The van der Waals surface area contributed by atoms with Crippen molar-refractivity contribution in [1.29, 1.82) is 0 Å². The highest BCUT2D eigenvalue weighted by Gasteiger charge is 2.47. The van der Waals surface area contributed by atoms with Crippen LogP contribution in [0, 0.1) is 5.92 Å². The maximum Gasteiger partial charge on any atom is 0.228 e. The Morgan fingerprint density at radius 1 is 1.47 bits per heavy atom. The number of hydrogen-bond donors (Lipinski definition) is 1. The molecule has 108 valence electrons. The Hall–Kier alpha value is -0.833. The largest absolute Gasteiger partial charge is 0.413 e. The summed E-state index contributed by atoms with van der Waals surface area (Å²) >= 11 is 0. The molecule has 0 unspecified atom stereocenters. The monoisotopic (exact) mass is 281 g/mol. The lowest BCUT2D eigenvalue weighted by Gasteiger charge is -2.45. The average Bonchev–Trinajstić information content (AvgIpc) is 2.22. The Balaban J connectivity index is 2.81. The minimum Gasteiger partial charge on any atom is -0.413 e. The maximum atomic E-state index is 11.8. The van der Waals surface area contributed by atoms with Gasteiger partial charge in [0, 0.05) is 0 Å². The molecule has 1 aliphatic heterocycles. The van der Waals surface area contributed by atoms with E-state index < -0.39 is 8.32 Å². The first kappa shape index (κ1) is 16.2. The first-order chi connectivity index (χ1) is 8.51. The van der Waals surface area contributed by atoms with Crippen molar-refractivity contribution in [2.45, 2.75) is 64.9 Å². The second-order valence-corrected chi connectivity index (χ2v) is 11.7. The van der Waals surface area contributed by atoms with E-state index in [2.05, 4.69) is 51.5 Å². The van der Waals surface area contributed by atoms with Crippen LogP contribution in [0.4, 0.5) is 0 Å². The minimum absolute atomic E-state index is 0.0322. The fourth-order valence-electron chi connectivity index (χ4n) is 2.08. The average molecular weight is 281 g/mol. The van der Waals surface area contributed by atoms with Gasteiger partial charge >= 0.3 is 0 Å². The van der Waals surface area contributed by atoms with E-state index in [1.54, 1.807) is 0 Å². The van der Waals surface area contributed by atoms with E-state index in [0.29, 0.717) is 0 Å². The molecule has 3 nitrogen and oxygen atoms in total. The fourth-order valence-corrected chi connectivity index (χ4v) is 3.51. The van der Waals surface area contributed by atoms with E-state index in [4.69, 9.17) is 4.43 Å². The molecule has 0 radical (unpaired) electrons. The van der Waals surface area contributed by atoms with Crippen LogP contribution in [0.5, 0.6) is 0 Å². The van der Waals surface area contributed by atoms with Crippen LogP contribution in [0.15, 0.2) is 17.9 Å². The minimum atomic E-state index is -1.84. The van der Waals surface area contributed by atoms with E-state index >= 15 is 0 Å². The summed E-state index contributed by atoms with van der Waals surface area (Å²) in [7, 11) is -1.84. The van der Waals surface area contributed by atoms with Crippen LogP contribution in [0.2, 0.25) is 18.1 Å². The number of nitrogens with one attached hydrogen (secondary N) is 1. The van der Waals surface area contributed by atoms with Crippen molar-refractivity contribution in [3.63, 3.8) is 0 Å². The Labute approximate surface area is 118 Å². The van der Waals surface area contributed by atoms with Gasteiger partial charge in [0.1, 0.15) is 0 Å². The summed E-state index contributed by atoms with van der Waals surface area (Å²) in [6.45, 7) is 18.7. The number of amides is 1. The summed E-state index contributed by atoms with van der Waals surface area (Å²) in [6.07, 6.45) is -0.0667. The zero-order valence-electron chi connectivity index (χ0n) is 13.3. The van der Waals surface area contributed by atoms with Crippen LogP contribution in [-0.4, -0.2) is 26.4 Å². The fraction of sp³-hybridized carbons (Fsp3) is 0.733. The Morgan fingerprint density at radius 3 is 2.37 bits per heavy atom. The zero-order valence-corrected chi connectivity index (χ0v) is 14.3. The van der Waals surface area contributed by atoms with Crippen molar-refractivity contribution in [2.75, 3.05) is 0 Å². The molecular weight excluding hydrogens is 254 g/mol. The second kappa shape index (κ2) is 5.27. The lowest BCUT2D eigenvalue weighted by atomic mass is 9.82. The summed E-state index contributed by atoms with van der Waals surface area (Å²) in [5.74, 6) is -0.0332. The van der Waals surface area contributed by atoms with E-state index in [-0.39, 0.29) is 29.0 Å². The second-order valence-electron chi connectivity index (χ2n) is 6.96. The third-order valence-electron chi connectivity index (χ3n) is 4.50. The van der Waals surface area contributed by atoms with Gasteiger partial charge in [-0.2, -0.15) is 0 Å². The quantitative estimate of drug-likeness (QED) is 0.488. The molecule has 1 saturated heterocycles. The highest BCUT2D eigenvalue weighted by molar-refractivity contribution is 6.74. The van der Waals surface area contributed by atoms with Gasteiger partial charge in [0.15, 0.2) is 8.32 Å². The predicted octanol–water partition coefficient (Wildman–Crippen LogP) is 3.24. The predicted molar refractivity (Wildman–Crippen MR) is 81.5 cm³/mol. The number of β-lactam (4-membered cyclic amide) rings is 1. The van der Waals surface area contributed by atoms with E-state index in [1.165, 1.54) is 0 Å². The summed E-state index contributed by atoms with van der Waals surface area (Å²) in [6, 6.07) is 0.0322. The summed E-state index contributed by atoms with van der Waals surface area (Å²) in [5, 5.41) is 3.06. The Bertz CT molecular complexity index is 416. The topological polar surface area (TPSA) is 38.3 Å². The smallest absolute Gasteiger partial charge is 0.228 e. The third-order valence-corrected chi connectivity index (χ3v) is 9.07. The van der Waals surface area contributed by atoms with Gasteiger partial charge in [-0.3, -0.25) is 4.79 Å². The number of hydrogen-bond acceptors (Lipinski definition) is 2. The van der Waals surface area contributed by atoms with E-state index in [9.17, 15) is 4.79 Å². The molecule has 4 heteroatoms. The van der Waals surface area contributed by atoms with Crippen LogP contribution < -0.4 is 5.32 Å². The van der Waals surface area contributed by atoms with Crippen molar-refractivity contribution >= 4 is 14.2 Å². The summed E-state index contributed by atoms with van der Waals surface area (Å²) in [5.41, 5.74) is 3.85. The normalized spacial score (nSPS) is 25.1. The van der Waals surface area contributed by atoms with Crippen molar-refractivity contribution in [2.24, 2.45) is 5.92 Å². The highest BCUT2D eigenvalue weighted by Crippen LogP contribution is 2.39. The first-order valence-electron chi connectivity index (χ1n) is 6.86. The van der Waals surface area contributed by atoms with Gasteiger partial charge in [0.05, 0.1) is 18.1 Å². The summed E-state index contributed by atoms with van der Waals surface area (Å²) < 4.78 is 6.32. The molecule has 1 N–H and O–H groups in total. The lowest BCUT2D eigenvalue weighted by molar-refractivity contribution is -0.138. The first-order valence-corrected chi connectivity index (χ1v) is 9.77. The SMILES string of the molecule is C=C=C(C)[C@H]1NC(=O)[C@@H]1[C@@H](C)O[Si](C)(C)C(C)(C)C. The van der Waals surface area contributed by atoms with Crippen molar-refractivity contribution in [1.82, 2.24) is 5.32 Å². The van der Waals surface area contributed by atoms with Crippen molar-refractivity contribution in [3.05, 3.63) is 17.9 Å². The standard InChI is InChI=1S/C15H27NO2Si/c1-9-10(2)13-12(14(17)16-13)11(3)18-19(7,8)15(4,5)6/h11-13H,1H2,2-8H3,(H,16,17)/t11-,12-,13-/m1/s1.